The van der Waals surface area contributed by atoms with Gasteiger partial charge in [0.05, 0.1) is 15.5 Å². The zero-order valence-electron chi connectivity index (χ0n) is 16.5. The summed E-state index contributed by atoms with van der Waals surface area (Å²) in [6.45, 7) is 2.06. The van der Waals surface area contributed by atoms with Gasteiger partial charge < -0.3 is 0 Å². The van der Waals surface area contributed by atoms with Crippen LogP contribution in [0.15, 0.2) is 92.4 Å². The summed E-state index contributed by atoms with van der Waals surface area (Å²) in [5.41, 5.74) is 1.70. The van der Waals surface area contributed by atoms with E-state index in [-0.39, 0.29) is 11.8 Å². The third-order valence-corrected chi connectivity index (χ3v) is 7.49. The molecule has 3 nitrogen and oxygen atoms in total. The van der Waals surface area contributed by atoms with Gasteiger partial charge in [-0.25, -0.2) is 4.90 Å². The first-order valence-corrected chi connectivity index (χ1v) is 11.9. The summed E-state index contributed by atoms with van der Waals surface area (Å²) in [6, 6.07) is 21.9. The molecule has 0 saturated heterocycles. The van der Waals surface area contributed by atoms with Crippen LogP contribution in [0, 0.1) is 0 Å². The van der Waals surface area contributed by atoms with Gasteiger partial charge in [-0.3, -0.25) is 9.59 Å². The lowest BCUT2D eigenvalue weighted by Gasteiger charge is -2.15. The quantitative estimate of drug-likeness (QED) is 0.345. The Morgan fingerprint density at radius 2 is 1.10 bits per heavy atom. The molecule has 1 aliphatic heterocycles. The Morgan fingerprint density at radius 1 is 0.677 bits per heavy atom. The number of nitrogens with zero attached hydrogens (tertiary/aromatic N) is 1. The van der Waals surface area contributed by atoms with Crippen LogP contribution >= 0.6 is 46.7 Å². The van der Waals surface area contributed by atoms with Gasteiger partial charge in [-0.1, -0.05) is 65.8 Å². The first-order valence-electron chi connectivity index (χ1n) is 9.55. The van der Waals surface area contributed by atoms with Crippen molar-refractivity contribution in [3.63, 3.8) is 0 Å². The van der Waals surface area contributed by atoms with Crippen LogP contribution in [0.1, 0.15) is 12.5 Å². The normalized spacial score (nSPS) is 14.0. The van der Waals surface area contributed by atoms with Gasteiger partial charge in [0.2, 0.25) is 0 Å². The van der Waals surface area contributed by atoms with Crippen molar-refractivity contribution in [3.8, 4) is 0 Å². The van der Waals surface area contributed by atoms with Crippen LogP contribution in [0.3, 0.4) is 0 Å². The Bertz CT molecular complexity index is 1090. The number of halogens is 2. The monoisotopic (exact) mass is 485 g/mol. The smallest absolute Gasteiger partial charge is 0.268 e. The van der Waals surface area contributed by atoms with Crippen molar-refractivity contribution >= 4 is 64.2 Å². The maximum absolute atomic E-state index is 13.4. The van der Waals surface area contributed by atoms with Crippen LogP contribution in [0.5, 0.6) is 0 Å². The van der Waals surface area contributed by atoms with E-state index in [2.05, 4.69) is 6.92 Å². The lowest BCUT2D eigenvalue weighted by atomic mass is 10.1. The number of hydrogen-bond acceptors (Lipinski definition) is 4. The molecular formula is C24H17Cl2NO2S2. The molecule has 0 aliphatic carbocycles. The number of carbonyl (C=O) groups is 2. The first-order chi connectivity index (χ1) is 15.0. The van der Waals surface area contributed by atoms with Crippen LogP contribution in [0.4, 0.5) is 5.69 Å². The van der Waals surface area contributed by atoms with E-state index in [0.717, 1.165) is 21.8 Å². The van der Waals surface area contributed by atoms with Gasteiger partial charge in [0.1, 0.15) is 0 Å². The van der Waals surface area contributed by atoms with Gasteiger partial charge in [-0.15, -0.1) is 0 Å². The van der Waals surface area contributed by atoms with Crippen LogP contribution < -0.4 is 4.90 Å². The number of thioether (sulfide) groups is 2. The van der Waals surface area contributed by atoms with E-state index < -0.39 is 0 Å². The predicted octanol–water partition coefficient (Wildman–Crippen LogP) is 7.23. The van der Waals surface area contributed by atoms with Gasteiger partial charge in [-0.05, 0) is 72.6 Å². The second-order valence-electron chi connectivity index (χ2n) is 6.74. The largest absolute Gasteiger partial charge is 0.273 e. The molecule has 4 rings (SSSR count). The average Bonchev–Trinajstić information content (AvgIpc) is 3.01. The molecule has 0 spiro atoms. The highest BCUT2D eigenvalue weighted by Crippen LogP contribution is 2.44. The lowest BCUT2D eigenvalue weighted by Crippen LogP contribution is -2.31. The molecule has 3 aromatic rings. The number of anilines is 1. The standard InChI is InChI=1S/C24H17Cl2NO2S2/c1-2-15-3-9-18(10-4-15)27-23(28)21(30-19-11-5-16(25)6-12-19)22(24(27)29)31-20-13-7-17(26)8-14-20/h3-14H,2H2,1H3. The fraction of sp³-hybridized carbons (Fsp3) is 0.0833. The molecule has 156 valence electrons. The number of imide groups is 1. The molecule has 3 aromatic carbocycles. The lowest BCUT2D eigenvalue weighted by molar-refractivity contribution is -0.120. The Labute approximate surface area is 199 Å². The predicted molar refractivity (Wildman–Crippen MR) is 130 cm³/mol. The number of hydrogen-bond donors (Lipinski definition) is 0. The Balaban J connectivity index is 1.71. The van der Waals surface area contributed by atoms with Crippen molar-refractivity contribution in [2.24, 2.45) is 0 Å². The Kier molecular flexibility index (Phi) is 6.77. The zero-order valence-corrected chi connectivity index (χ0v) is 19.6. The molecule has 0 saturated carbocycles. The van der Waals surface area contributed by atoms with Crippen LogP contribution in [-0.4, -0.2) is 11.8 Å². The zero-order chi connectivity index (χ0) is 22.0. The summed E-state index contributed by atoms with van der Waals surface area (Å²) in [7, 11) is 0. The fourth-order valence-corrected chi connectivity index (χ4v) is 5.26. The van der Waals surface area contributed by atoms with E-state index in [4.69, 9.17) is 23.2 Å². The second kappa shape index (κ2) is 9.53. The summed E-state index contributed by atoms with van der Waals surface area (Å²) in [5, 5.41) is 1.22. The third kappa shape index (κ3) is 4.85. The minimum atomic E-state index is -0.328. The van der Waals surface area contributed by atoms with Crippen molar-refractivity contribution in [2.45, 2.75) is 23.1 Å². The third-order valence-electron chi connectivity index (χ3n) is 4.67. The van der Waals surface area contributed by atoms with Gasteiger partial charge in [0, 0.05) is 19.8 Å². The average molecular weight is 486 g/mol. The minimum absolute atomic E-state index is 0.328. The molecule has 2 amide bonds. The maximum atomic E-state index is 13.4. The highest BCUT2D eigenvalue weighted by Gasteiger charge is 2.40. The van der Waals surface area contributed by atoms with Crippen molar-refractivity contribution in [1.29, 1.82) is 0 Å². The Morgan fingerprint density at radius 3 is 1.48 bits per heavy atom. The summed E-state index contributed by atoms with van der Waals surface area (Å²) in [6.07, 6.45) is 0.885. The first kappa shape index (κ1) is 22.0. The van der Waals surface area contributed by atoms with E-state index in [0.29, 0.717) is 25.5 Å². The molecule has 0 atom stereocenters. The maximum Gasteiger partial charge on any atom is 0.273 e. The van der Waals surface area contributed by atoms with Gasteiger partial charge in [-0.2, -0.15) is 0 Å². The van der Waals surface area contributed by atoms with Crippen LogP contribution in [0.25, 0.3) is 0 Å². The Hall–Kier alpha value is -2.18. The van der Waals surface area contributed by atoms with Crippen molar-refractivity contribution < 1.29 is 9.59 Å². The number of amides is 2. The molecule has 0 aromatic heterocycles. The van der Waals surface area contributed by atoms with Gasteiger partial charge in [0.25, 0.3) is 11.8 Å². The molecule has 0 radical (unpaired) electrons. The molecule has 7 heteroatoms. The molecule has 0 N–H and O–H groups in total. The van der Waals surface area contributed by atoms with E-state index in [1.54, 1.807) is 24.3 Å². The van der Waals surface area contributed by atoms with Gasteiger partial charge in [0.15, 0.2) is 0 Å². The number of benzene rings is 3. The van der Waals surface area contributed by atoms with E-state index in [1.165, 1.54) is 28.4 Å². The summed E-state index contributed by atoms with van der Waals surface area (Å²) >= 11 is 14.5. The topological polar surface area (TPSA) is 37.4 Å². The summed E-state index contributed by atoms with van der Waals surface area (Å²) in [5.74, 6) is -0.656. The number of carbonyl (C=O) groups excluding carboxylic acids is 2. The second-order valence-corrected chi connectivity index (χ2v) is 9.78. The molecule has 1 aliphatic rings. The fourth-order valence-electron chi connectivity index (χ4n) is 3.03. The molecular weight excluding hydrogens is 469 g/mol. The molecule has 1 heterocycles. The molecule has 0 fully saturated rings. The SMILES string of the molecule is CCc1ccc(N2C(=O)C(Sc3ccc(Cl)cc3)=C(Sc3ccc(Cl)cc3)C2=O)cc1. The van der Waals surface area contributed by atoms with Crippen LogP contribution in [0.2, 0.25) is 10.0 Å². The number of rotatable bonds is 6. The molecule has 0 bridgehead atoms. The van der Waals surface area contributed by atoms with Crippen molar-refractivity contribution in [1.82, 2.24) is 0 Å². The highest BCUT2D eigenvalue weighted by molar-refractivity contribution is 8.08. The summed E-state index contributed by atoms with van der Waals surface area (Å²) < 4.78 is 0. The van der Waals surface area contributed by atoms with Gasteiger partial charge >= 0.3 is 0 Å². The van der Waals surface area contributed by atoms with Crippen molar-refractivity contribution in [2.75, 3.05) is 4.90 Å². The van der Waals surface area contributed by atoms with E-state index in [9.17, 15) is 9.59 Å². The van der Waals surface area contributed by atoms with E-state index >= 15 is 0 Å². The molecule has 0 unspecified atom stereocenters. The minimum Gasteiger partial charge on any atom is -0.268 e. The molecule has 31 heavy (non-hydrogen) atoms. The highest BCUT2D eigenvalue weighted by atomic mass is 35.5. The van der Waals surface area contributed by atoms with E-state index in [1.807, 2.05) is 48.5 Å². The van der Waals surface area contributed by atoms with Crippen LogP contribution in [-0.2, 0) is 16.0 Å². The number of aryl methyl sites for hydroxylation is 1. The summed E-state index contributed by atoms with van der Waals surface area (Å²) in [4.78, 5) is 30.4. The van der Waals surface area contributed by atoms with Crippen molar-refractivity contribution in [3.05, 3.63) is 98.2 Å².